The van der Waals surface area contributed by atoms with E-state index < -0.39 is 0 Å². The molecule has 0 aromatic heterocycles. The maximum Gasteiger partial charge on any atom is 0.318 e. The average Bonchev–Trinajstić information content (AvgIpc) is 2.91. The van der Waals surface area contributed by atoms with E-state index in [2.05, 4.69) is 5.32 Å². The highest BCUT2D eigenvalue weighted by atomic mass is 16.5. The second-order valence-electron chi connectivity index (χ2n) is 7.71. The topological polar surface area (TPSA) is 61.9 Å². The van der Waals surface area contributed by atoms with Gasteiger partial charge < -0.3 is 19.9 Å². The lowest BCUT2D eigenvalue weighted by molar-refractivity contribution is 0.00532. The molecule has 2 bridgehead atoms. The first-order valence-corrected chi connectivity index (χ1v) is 9.64. The Morgan fingerprint density at radius 1 is 1.00 bits per heavy atom. The number of carbonyl (C=O) groups is 2. The summed E-state index contributed by atoms with van der Waals surface area (Å²) in [6.45, 7) is 4.71. The summed E-state index contributed by atoms with van der Waals surface area (Å²) >= 11 is 0. The monoisotopic (exact) mass is 357 g/mol. The highest BCUT2D eigenvalue weighted by molar-refractivity contribution is 5.94. The Morgan fingerprint density at radius 3 is 2.23 bits per heavy atom. The average molecular weight is 357 g/mol. The Hall–Kier alpha value is -2.08. The van der Waals surface area contributed by atoms with Gasteiger partial charge in [-0.25, -0.2) is 4.79 Å². The number of hydrogen-bond donors (Lipinski definition) is 1. The third-order valence-electron chi connectivity index (χ3n) is 5.88. The Labute approximate surface area is 154 Å². The molecule has 2 unspecified atom stereocenters. The molecule has 140 valence electrons. The molecule has 26 heavy (non-hydrogen) atoms. The number of nitrogens with zero attached hydrogens (tertiary/aromatic N) is 2. The van der Waals surface area contributed by atoms with Gasteiger partial charge in [0, 0.05) is 24.7 Å². The van der Waals surface area contributed by atoms with Crippen LogP contribution in [-0.2, 0) is 4.74 Å². The Kier molecular flexibility index (Phi) is 4.85. The molecule has 3 saturated heterocycles. The number of piperidine rings is 1. The van der Waals surface area contributed by atoms with E-state index in [0.717, 1.165) is 36.8 Å². The molecule has 4 rings (SSSR count). The van der Waals surface area contributed by atoms with Crippen LogP contribution in [-0.4, -0.2) is 66.2 Å². The summed E-state index contributed by atoms with van der Waals surface area (Å²) in [4.78, 5) is 29.2. The van der Waals surface area contributed by atoms with Gasteiger partial charge in [0.1, 0.15) is 0 Å². The number of ether oxygens (including phenoxy) is 1. The quantitative estimate of drug-likeness (QED) is 0.882. The molecule has 6 nitrogen and oxygen atoms in total. The number of amides is 3. The van der Waals surface area contributed by atoms with Crippen molar-refractivity contribution in [1.29, 1.82) is 0 Å². The molecule has 2 atom stereocenters. The Morgan fingerprint density at radius 2 is 1.62 bits per heavy atom. The second kappa shape index (κ2) is 7.27. The minimum atomic E-state index is 0.0455. The van der Waals surface area contributed by atoms with Crippen molar-refractivity contribution in [2.45, 2.75) is 50.7 Å². The Bertz CT molecular complexity index is 651. The van der Waals surface area contributed by atoms with E-state index in [1.807, 2.05) is 41.0 Å². The van der Waals surface area contributed by atoms with Crippen LogP contribution >= 0.6 is 0 Å². The number of urea groups is 1. The maximum absolute atomic E-state index is 12.7. The molecule has 3 aliphatic rings. The third-order valence-corrected chi connectivity index (χ3v) is 5.88. The van der Waals surface area contributed by atoms with Crippen LogP contribution in [0.4, 0.5) is 4.79 Å². The van der Waals surface area contributed by atoms with Gasteiger partial charge in [0.25, 0.3) is 5.91 Å². The van der Waals surface area contributed by atoms with Crippen LogP contribution in [0.1, 0.15) is 41.6 Å². The summed E-state index contributed by atoms with van der Waals surface area (Å²) in [7, 11) is 0. The molecule has 0 radical (unpaired) electrons. The van der Waals surface area contributed by atoms with Crippen LogP contribution in [0.15, 0.2) is 24.3 Å². The number of hydrogen-bond acceptors (Lipinski definition) is 3. The van der Waals surface area contributed by atoms with E-state index in [1.165, 1.54) is 0 Å². The van der Waals surface area contributed by atoms with Gasteiger partial charge in [-0.3, -0.25) is 4.79 Å². The number of morpholine rings is 1. The minimum Gasteiger partial charge on any atom is -0.377 e. The first kappa shape index (κ1) is 17.3. The van der Waals surface area contributed by atoms with Gasteiger partial charge in [-0.2, -0.15) is 0 Å². The molecule has 3 amide bonds. The molecule has 6 heteroatoms. The van der Waals surface area contributed by atoms with Crippen molar-refractivity contribution >= 4 is 11.9 Å². The van der Waals surface area contributed by atoms with Crippen molar-refractivity contribution in [1.82, 2.24) is 15.1 Å². The lowest BCUT2D eigenvalue weighted by Crippen LogP contribution is -2.56. The maximum atomic E-state index is 12.7. The summed E-state index contributed by atoms with van der Waals surface area (Å²) in [6, 6.07) is 8.37. The third kappa shape index (κ3) is 3.43. The minimum absolute atomic E-state index is 0.0455. The van der Waals surface area contributed by atoms with E-state index >= 15 is 0 Å². The Balaban J connectivity index is 1.29. The molecule has 1 aromatic rings. The smallest absolute Gasteiger partial charge is 0.318 e. The summed E-state index contributed by atoms with van der Waals surface area (Å²) in [5.74, 6) is 0.0843. The predicted molar refractivity (Wildman–Crippen MR) is 98.1 cm³/mol. The van der Waals surface area contributed by atoms with Gasteiger partial charge in [0.2, 0.25) is 0 Å². The standard InChI is InChI=1S/C20H27N3O3/c1-14-2-4-15(5-3-14)19(24)22-10-8-16(9-11-22)21-20(25)23-17-6-7-18(23)13-26-12-17/h2-5,16-18H,6-13H2,1H3,(H,21,25). The molecule has 0 aliphatic carbocycles. The van der Waals surface area contributed by atoms with Gasteiger partial charge in [-0.1, -0.05) is 17.7 Å². The van der Waals surface area contributed by atoms with Gasteiger partial charge in [-0.15, -0.1) is 0 Å². The first-order valence-electron chi connectivity index (χ1n) is 9.64. The molecule has 1 N–H and O–H groups in total. The van der Waals surface area contributed by atoms with Crippen molar-refractivity contribution in [3.8, 4) is 0 Å². The molecular formula is C20H27N3O3. The van der Waals surface area contributed by atoms with Crippen molar-refractivity contribution in [2.24, 2.45) is 0 Å². The van der Waals surface area contributed by atoms with Gasteiger partial charge in [-0.05, 0) is 44.7 Å². The van der Waals surface area contributed by atoms with E-state index in [4.69, 9.17) is 4.74 Å². The first-order chi connectivity index (χ1) is 12.6. The van der Waals surface area contributed by atoms with Crippen molar-refractivity contribution in [3.05, 3.63) is 35.4 Å². The highest BCUT2D eigenvalue weighted by Gasteiger charge is 2.41. The van der Waals surface area contributed by atoms with E-state index in [-0.39, 0.29) is 30.1 Å². The zero-order chi connectivity index (χ0) is 18.1. The molecule has 3 aliphatic heterocycles. The normalized spacial score (nSPS) is 26.0. The molecular weight excluding hydrogens is 330 g/mol. The van der Waals surface area contributed by atoms with Gasteiger partial charge >= 0.3 is 6.03 Å². The van der Waals surface area contributed by atoms with Crippen molar-refractivity contribution in [2.75, 3.05) is 26.3 Å². The molecule has 0 spiro atoms. The van der Waals surface area contributed by atoms with Crippen LogP contribution in [0.2, 0.25) is 0 Å². The van der Waals surface area contributed by atoms with Crippen LogP contribution in [0.5, 0.6) is 0 Å². The summed E-state index contributed by atoms with van der Waals surface area (Å²) in [5, 5.41) is 3.19. The van der Waals surface area contributed by atoms with E-state index in [0.29, 0.717) is 26.3 Å². The zero-order valence-electron chi connectivity index (χ0n) is 15.3. The van der Waals surface area contributed by atoms with Crippen molar-refractivity contribution in [3.63, 3.8) is 0 Å². The largest absolute Gasteiger partial charge is 0.377 e. The molecule has 3 heterocycles. The second-order valence-corrected chi connectivity index (χ2v) is 7.71. The molecule has 1 aromatic carbocycles. The predicted octanol–water partition coefficient (Wildman–Crippen LogP) is 2.17. The molecule has 0 saturated carbocycles. The van der Waals surface area contributed by atoms with Crippen LogP contribution < -0.4 is 5.32 Å². The molecule has 3 fully saturated rings. The van der Waals surface area contributed by atoms with Gasteiger partial charge in [0.05, 0.1) is 25.3 Å². The van der Waals surface area contributed by atoms with Crippen LogP contribution in [0, 0.1) is 6.92 Å². The van der Waals surface area contributed by atoms with E-state index in [1.54, 1.807) is 0 Å². The lowest BCUT2D eigenvalue weighted by Gasteiger charge is -2.37. The number of carbonyl (C=O) groups excluding carboxylic acids is 2. The van der Waals surface area contributed by atoms with Gasteiger partial charge in [0.15, 0.2) is 0 Å². The fraction of sp³-hybridized carbons (Fsp3) is 0.600. The zero-order valence-corrected chi connectivity index (χ0v) is 15.3. The van der Waals surface area contributed by atoms with Crippen LogP contribution in [0.3, 0.4) is 0 Å². The van der Waals surface area contributed by atoms with E-state index in [9.17, 15) is 9.59 Å². The SMILES string of the molecule is Cc1ccc(C(=O)N2CCC(NC(=O)N3C4CCC3COC4)CC2)cc1. The number of aryl methyl sites for hydroxylation is 1. The fourth-order valence-corrected chi connectivity index (χ4v) is 4.31. The summed E-state index contributed by atoms with van der Waals surface area (Å²) in [5.41, 5.74) is 1.89. The lowest BCUT2D eigenvalue weighted by atomic mass is 10.0. The number of nitrogens with one attached hydrogen (secondary N) is 1. The van der Waals surface area contributed by atoms with Crippen LogP contribution in [0.25, 0.3) is 0 Å². The van der Waals surface area contributed by atoms with Crippen molar-refractivity contribution < 1.29 is 14.3 Å². The number of rotatable bonds is 2. The number of fused-ring (bicyclic) bond motifs is 2. The number of likely N-dealkylation sites (tertiary alicyclic amines) is 1. The number of benzene rings is 1. The fourth-order valence-electron chi connectivity index (χ4n) is 4.31. The summed E-state index contributed by atoms with van der Waals surface area (Å²) < 4.78 is 5.55. The summed E-state index contributed by atoms with van der Waals surface area (Å²) in [6.07, 6.45) is 3.70. The highest BCUT2D eigenvalue weighted by Crippen LogP contribution is 2.29.